The maximum atomic E-state index is 14.5. The van der Waals surface area contributed by atoms with E-state index >= 15 is 0 Å². The molecule has 1 saturated carbocycles. The van der Waals surface area contributed by atoms with Gasteiger partial charge >= 0.3 is 0 Å². The molecule has 0 radical (unpaired) electrons. The third-order valence-electron chi connectivity index (χ3n) is 5.91. The molecule has 25 heavy (non-hydrogen) atoms. The highest BCUT2D eigenvalue weighted by Gasteiger charge is 2.58. The predicted octanol–water partition coefficient (Wildman–Crippen LogP) is 4.37. The van der Waals surface area contributed by atoms with Crippen LogP contribution in [0.25, 0.3) is 0 Å². The molecule has 2 aromatic rings. The Morgan fingerprint density at radius 2 is 2.08 bits per heavy atom. The fourth-order valence-corrected chi connectivity index (χ4v) is 4.65. The predicted molar refractivity (Wildman–Crippen MR) is 93.7 cm³/mol. The zero-order valence-corrected chi connectivity index (χ0v) is 14.7. The average Bonchev–Trinajstić information content (AvgIpc) is 3.22. The van der Waals surface area contributed by atoms with Crippen LogP contribution in [-0.2, 0) is 11.2 Å². The van der Waals surface area contributed by atoms with Gasteiger partial charge in [-0.25, -0.2) is 4.39 Å². The zero-order valence-electron chi connectivity index (χ0n) is 13.9. The molecule has 5 heteroatoms. The van der Waals surface area contributed by atoms with E-state index in [2.05, 4.69) is 11.4 Å². The maximum Gasteiger partial charge on any atom is 0.278 e. The summed E-state index contributed by atoms with van der Waals surface area (Å²) in [5.41, 5.74) is 1.74. The van der Waals surface area contributed by atoms with Gasteiger partial charge in [-0.1, -0.05) is 23.7 Å². The van der Waals surface area contributed by atoms with Crippen LogP contribution in [0.4, 0.5) is 4.39 Å². The molecule has 1 N–H and O–H groups in total. The Morgan fingerprint density at radius 1 is 1.20 bits per heavy atom. The third-order valence-corrected chi connectivity index (χ3v) is 6.14. The maximum absolute atomic E-state index is 14.5. The van der Waals surface area contributed by atoms with Crippen LogP contribution in [0.1, 0.15) is 30.9 Å². The first-order chi connectivity index (χ1) is 12.0. The van der Waals surface area contributed by atoms with Crippen LogP contribution in [0.2, 0.25) is 5.02 Å². The molecule has 2 heterocycles. The Morgan fingerprint density at radius 3 is 2.88 bits per heavy atom. The van der Waals surface area contributed by atoms with Crippen LogP contribution in [-0.4, -0.2) is 13.1 Å². The van der Waals surface area contributed by atoms with Crippen LogP contribution < -0.4 is 14.8 Å². The number of benzene rings is 2. The minimum atomic E-state index is -1.18. The zero-order chi connectivity index (χ0) is 17.2. The summed E-state index contributed by atoms with van der Waals surface area (Å²) < 4.78 is 26.8. The normalized spacial score (nSPS) is 32.4. The molecule has 3 nitrogen and oxygen atoms in total. The van der Waals surface area contributed by atoms with Gasteiger partial charge in [-0.2, -0.15) is 0 Å². The number of para-hydroxylation sites is 1. The lowest BCUT2D eigenvalue weighted by Crippen LogP contribution is -2.33. The first-order valence-corrected chi connectivity index (χ1v) is 9.07. The fraction of sp³-hybridized carbons (Fsp3) is 0.400. The standard InChI is InChI=1S/C20H19ClFNO2/c1-19(14-6-5-13(21)9-16(14)22)24-17-4-2-3-15(18(17)25-19)20-7-8-23-11-12(20)10-20/h2-6,9,12,23H,7-8,10-11H2,1H3. The number of fused-ring (bicyclic) bond motifs is 2. The molecular formula is C20H19ClFNO2. The summed E-state index contributed by atoms with van der Waals surface area (Å²) in [7, 11) is 0. The van der Waals surface area contributed by atoms with Crippen LogP contribution in [0.15, 0.2) is 36.4 Å². The smallest absolute Gasteiger partial charge is 0.278 e. The number of ether oxygens (including phenoxy) is 2. The van der Waals surface area contributed by atoms with Crippen LogP contribution in [0.3, 0.4) is 0 Å². The van der Waals surface area contributed by atoms with Crippen LogP contribution >= 0.6 is 11.6 Å². The average molecular weight is 360 g/mol. The van der Waals surface area contributed by atoms with Gasteiger partial charge in [0.25, 0.3) is 5.79 Å². The quantitative estimate of drug-likeness (QED) is 0.863. The van der Waals surface area contributed by atoms with Crippen molar-refractivity contribution >= 4 is 11.6 Å². The van der Waals surface area contributed by atoms with Gasteiger partial charge in [-0.15, -0.1) is 0 Å². The molecule has 3 atom stereocenters. The summed E-state index contributed by atoms with van der Waals surface area (Å²) in [5.74, 6) is 0.502. The highest BCUT2D eigenvalue weighted by molar-refractivity contribution is 6.30. The van der Waals surface area contributed by atoms with E-state index in [1.54, 1.807) is 19.1 Å². The Kier molecular flexibility index (Phi) is 3.17. The van der Waals surface area contributed by atoms with E-state index in [9.17, 15) is 4.39 Å². The van der Waals surface area contributed by atoms with Crippen LogP contribution in [0, 0.1) is 11.7 Å². The summed E-state index contributed by atoms with van der Waals surface area (Å²) in [5, 5.41) is 3.82. The number of piperidine rings is 1. The van der Waals surface area contributed by atoms with Crippen molar-refractivity contribution in [3.8, 4) is 11.5 Å². The minimum Gasteiger partial charge on any atom is -0.444 e. The molecule has 1 saturated heterocycles. The molecule has 0 amide bonds. The van der Waals surface area contributed by atoms with E-state index in [1.165, 1.54) is 18.1 Å². The molecule has 0 aromatic heterocycles. The molecule has 0 spiro atoms. The molecule has 2 fully saturated rings. The van der Waals surface area contributed by atoms with Crippen LogP contribution in [0.5, 0.6) is 11.5 Å². The Bertz CT molecular complexity index is 873. The molecule has 3 unspecified atom stereocenters. The van der Waals surface area contributed by atoms with Gasteiger partial charge in [0.2, 0.25) is 0 Å². The van der Waals surface area contributed by atoms with E-state index < -0.39 is 11.6 Å². The minimum absolute atomic E-state index is 0.184. The summed E-state index contributed by atoms with van der Waals surface area (Å²) in [6, 6.07) is 10.6. The summed E-state index contributed by atoms with van der Waals surface area (Å²) in [6.45, 7) is 3.82. The second-order valence-electron chi connectivity index (χ2n) is 7.42. The van der Waals surface area contributed by atoms with Crippen molar-refractivity contribution in [3.05, 3.63) is 58.4 Å². The van der Waals surface area contributed by atoms with E-state index in [-0.39, 0.29) is 5.41 Å². The lowest BCUT2D eigenvalue weighted by atomic mass is 9.87. The summed E-state index contributed by atoms with van der Waals surface area (Å²) >= 11 is 5.88. The van der Waals surface area contributed by atoms with Gasteiger partial charge < -0.3 is 14.8 Å². The van der Waals surface area contributed by atoms with Crippen molar-refractivity contribution in [1.82, 2.24) is 5.32 Å². The highest BCUT2D eigenvalue weighted by Crippen LogP contribution is 2.62. The molecular weight excluding hydrogens is 341 g/mol. The van der Waals surface area contributed by atoms with Gasteiger partial charge in [-0.05, 0) is 56.1 Å². The van der Waals surface area contributed by atoms with Crippen molar-refractivity contribution in [2.45, 2.75) is 31.0 Å². The van der Waals surface area contributed by atoms with Gasteiger partial charge in [-0.3, -0.25) is 0 Å². The second kappa shape index (κ2) is 5.12. The van der Waals surface area contributed by atoms with Gasteiger partial charge in [0.15, 0.2) is 11.5 Å². The fourth-order valence-electron chi connectivity index (χ4n) is 4.49. The third kappa shape index (κ3) is 2.20. The second-order valence-corrected chi connectivity index (χ2v) is 7.85. The molecule has 2 aliphatic heterocycles. The Hall–Kier alpha value is -1.78. The van der Waals surface area contributed by atoms with Crippen molar-refractivity contribution in [2.24, 2.45) is 5.92 Å². The van der Waals surface area contributed by atoms with Gasteiger partial charge in [0.05, 0.1) is 5.56 Å². The topological polar surface area (TPSA) is 30.5 Å². The largest absolute Gasteiger partial charge is 0.444 e. The Labute approximate surface area is 151 Å². The Balaban J connectivity index is 1.55. The van der Waals surface area contributed by atoms with Gasteiger partial charge in [0.1, 0.15) is 5.82 Å². The molecule has 5 rings (SSSR count). The molecule has 3 aliphatic rings. The number of hydrogen-bond donors (Lipinski definition) is 1. The number of rotatable bonds is 2. The van der Waals surface area contributed by atoms with Crippen molar-refractivity contribution in [1.29, 1.82) is 0 Å². The monoisotopic (exact) mass is 359 g/mol. The van der Waals surface area contributed by atoms with Crippen molar-refractivity contribution in [2.75, 3.05) is 13.1 Å². The van der Waals surface area contributed by atoms with Gasteiger partial charge in [0, 0.05) is 22.9 Å². The number of nitrogens with one attached hydrogen (secondary N) is 1. The van der Waals surface area contributed by atoms with E-state index in [0.717, 1.165) is 25.3 Å². The molecule has 2 aromatic carbocycles. The lowest BCUT2D eigenvalue weighted by molar-refractivity contribution is -0.0712. The van der Waals surface area contributed by atoms with E-state index in [1.807, 2.05) is 12.1 Å². The van der Waals surface area contributed by atoms with Crippen molar-refractivity contribution < 1.29 is 13.9 Å². The van der Waals surface area contributed by atoms with E-state index in [4.69, 9.17) is 21.1 Å². The number of hydrogen-bond acceptors (Lipinski definition) is 3. The summed E-state index contributed by atoms with van der Waals surface area (Å²) in [6.07, 6.45) is 2.27. The molecule has 0 bridgehead atoms. The number of halogens is 2. The van der Waals surface area contributed by atoms with E-state index in [0.29, 0.717) is 22.3 Å². The first kappa shape index (κ1) is 15.5. The summed E-state index contributed by atoms with van der Waals surface area (Å²) in [4.78, 5) is 0. The lowest BCUT2D eigenvalue weighted by Gasteiger charge is -2.26. The van der Waals surface area contributed by atoms with Crippen molar-refractivity contribution in [3.63, 3.8) is 0 Å². The highest BCUT2D eigenvalue weighted by atomic mass is 35.5. The first-order valence-electron chi connectivity index (χ1n) is 8.70. The molecule has 130 valence electrons. The molecule has 1 aliphatic carbocycles. The SMILES string of the molecule is CC1(c2ccc(Cl)cc2F)Oc2cccc(C34CCNCC3C4)c2O1.